The Kier molecular flexibility index (Phi) is 3.32. The second-order valence-electron chi connectivity index (χ2n) is 3.48. The number of halogens is 1. The quantitative estimate of drug-likeness (QED) is 0.808. The Morgan fingerprint density at radius 1 is 1.06 bits per heavy atom. The lowest BCUT2D eigenvalue weighted by atomic mass is 10.2. The van der Waals surface area contributed by atoms with E-state index in [-0.39, 0.29) is 0 Å². The van der Waals surface area contributed by atoms with Crippen molar-refractivity contribution in [3.05, 3.63) is 59.1 Å². The zero-order valence-electron chi connectivity index (χ0n) is 8.91. The summed E-state index contributed by atoms with van der Waals surface area (Å²) in [6.45, 7) is 1.99. The van der Waals surface area contributed by atoms with E-state index < -0.39 is 0 Å². The number of aryl methyl sites for hydroxylation is 1. The van der Waals surface area contributed by atoms with Gasteiger partial charge in [-0.05, 0) is 36.8 Å². The fraction of sp³-hybridized carbons (Fsp3) is 0.0769. The van der Waals surface area contributed by atoms with E-state index in [9.17, 15) is 0 Å². The largest absolute Gasteiger partial charge is 0.382 e. The third-order valence-electron chi connectivity index (χ3n) is 2.22. The van der Waals surface area contributed by atoms with Crippen LogP contribution in [0.25, 0.3) is 0 Å². The first kappa shape index (κ1) is 10.8. The first-order chi connectivity index (χ1) is 7.75. The van der Waals surface area contributed by atoms with E-state index in [1.807, 2.05) is 55.5 Å². The molecule has 2 rings (SSSR count). The van der Waals surface area contributed by atoms with Crippen LogP contribution in [-0.2, 0) is 0 Å². The van der Waals surface area contributed by atoms with E-state index >= 15 is 0 Å². The maximum atomic E-state index is 5.90. The van der Waals surface area contributed by atoms with Crippen molar-refractivity contribution in [3.63, 3.8) is 0 Å². The van der Waals surface area contributed by atoms with Gasteiger partial charge < -0.3 is 4.84 Å². The highest BCUT2D eigenvalue weighted by Gasteiger charge is 1.99. The third-order valence-corrected chi connectivity index (χ3v) is 2.46. The smallest absolute Gasteiger partial charge is 0.155 e. The Balaban J connectivity index is 2.08. The molecule has 0 saturated carbocycles. The Labute approximate surface area is 99.8 Å². The van der Waals surface area contributed by atoms with Gasteiger partial charge in [-0.3, -0.25) is 0 Å². The minimum atomic E-state index is 0.685. The highest BCUT2D eigenvalue weighted by Crippen LogP contribution is 2.20. The standard InChI is InChI=1S/C13H12ClNO/c1-10-7-8-11(14)9-13(10)15-16-12-5-3-2-4-6-12/h2-9,15H,1H3. The van der Waals surface area contributed by atoms with Crippen molar-refractivity contribution < 1.29 is 4.84 Å². The van der Waals surface area contributed by atoms with E-state index in [0.29, 0.717) is 5.02 Å². The fourth-order valence-electron chi connectivity index (χ4n) is 1.31. The minimum absolute atomic E-state index is 0.685. The molecule has 2 aromatic rings. The molecule has 0 aliphatic heterocycles. The zero-order chi connectivity index (χ0) is 11.4. The number of anilines is 1. The number of rotatable bonds is 3. The molecule has 16 heavy (non-hydrogen) atoms. The second kappa shape index (κ2) is 4.90. The zero-order valence-corrected chi connectivity index (χ0v) is 9.66. The Hall–Kier alpha value is -1.67. The molecule has 0 aliphatic rings. The van der Waals surface area contributed by atoms with Crippen LogP contribution in [-0.4, -0.2) is 0 Å². The van der Waals surface area contributed by atoms with Crippen LogP contribution in [0.5, 0.6) is 5.75 Å². The molecule has 1 N–H and O–H groups in total. The molecule has 0 atom stereocenters. The van der Waals surface area contributed by atoms with Crippen LogP contribution in [0.4, 0.5) is 5.69 Å². The number of nitrogens with one attached hydrogen (secondary N) is 1. The average Bonchev–Trinajstić information content (AvgIpc) is 2.32. The molecule has 0 aromatic heterocycles. The molecule has 0 unspecified atom stereocenters. The third kappa shape index (κ3) is 2.67. The van der Waals surface area contributed by atoms with Crippen molar-refractivity contribution in [1.29, 1.82) is 0 Å². The molecule has 0 aliphatic carbocycles. The average molecular weight is 234 g/mol. The van der Waals surface area contributed by atoms with Gasteiger partial charge >= 0.3 is 0 Å². The maximum Gasteiger partial charge on any atom is 0.155 e. The number of benzene rings is 2. The van der Waals surface area contributed by atoms with Crippen molar-refractivity contribution in [2.45, 2.75) is 6.92 Å². The monoisotopic (exact) mass is 233 g/mol. The highest BCUT2D eigenvalue weighted by molar-refractivity contribution is 6.30. The summed E-state index contributed by atoms with van der Waals surface area (Å²) in [4.78, 5) is 5.42. The van der Waals surface area contributed by atoms with Gasteiger partial charge in [0.05, 0.1) is 5.69 Å². The molecule has 0 heterocycles. The Morgan fingerprint density at radius 2 is 1.81 bits per heavy atom. The Morgan fingerprint density at radius 3 is 2.56 bits per heavy atom. The van der Waals surface area contributed by atoms with Gasteiger partial charge in [-0.1, -0.05) is 35.9 Å². The van der Waals surface area contributed by atoms with Crippen molar-refractivity contribution in [3.8, 4) is 5.75 Å². The van der Waals surface area contributed by atoms with E-state index in [1.54, 1.807) is 0 Å². The van der Waals surface area contributed by atoms with Crippen LogP contribution in [0.15, 0.2) is 48.5 Å². The van der Waals surface area contributed by atoms with Gasteiger partial charge in [-0.25, -0.2) is 5.48 Å². The number of hydrogen-bond donors (Lipinski definition) is 1. The van der Waals surface area contributed by atoms with E-state index in [1.165, 1.54) is 0 Å². The molecule has 3 heteroatoms. The molecule has 2 nitrogen and oxygen atoms in total. The summed E-state index contributed by atoms with van der Waals surface area (Å²) < 4.78 is 0. The van der Waals surface area contributed by atoms with Crippen molar-refractivity contribution in [2.24, 2.45) is 0 Å². The Bertz CT molecular complexity index is 471. The maximum absolute atomic E-state index is 5.90. The van der Waals surface area contributed by atoms with Crippen LogP contribution in [0.1, 0.15) is 5.56 Å². The van der Waals surface area contributed by atoms with Gasteiger partial charge in [0.2, 0.25) is 0 Å². The fourth-order valence-corrected chi connectivity index (χ4v) is 1.48. The summed E-state index contributed by atoms with van der Waals surface area (Å²) in [6, 6.07) is 15.2. The predicted octanol–water partition coefficient (Wildman–Crippen LogP) is 4.05. The van der Waals surface area contributed by atoms with E-state index in [0.717, 1.165) is 17.0 Å². The molecule has 2 aromatic carbocycles. The van der Waals surface area contributed by atoms with Gasteiger partial charge in [0.15, 0.2) is 5.75 Å². The number of hydrogen-bond acceptors (Lipinski definition) is 2. The van der Waals surface area contributed by atoms with Crippen molar-refractivity contribution in [1.82, 2.24) is 0 Å². The summed E-state index contributed by atoms with van der Waals surface area (Å²) >= 11 is 5.90. The first-order valence-corrected chi connectivity index (χ1v) is 5.37. The molecule has 82 valence electrons. The lowest BCUT2D eigenvalue weighted by Gasteiger charge is -2.10. The van der Waals surface area contributed by atoms with Crippen molar-refractivity contribution >= 4 is 17.3 Å². The summed E-state index contributed by atoms with van der Waals surface area (Å²) in [6.07, 6.45) is 0. The van der Waals surface area contributed by atoms with Gasteiger partial charge in [-0.15, -0.1) is 0 Å². The number of para-hydroxylation sites is 1. The lowest BCUT2D eigenvalue weighted by molar-refractivity contribution is 0.404. The van der Waals surface area contributed by atoms with E-state index in [4.69, 9.17) is 16.4 Å². The normalized spacial score (nSPS) is 9.88. The van der Waals surface area contributed by atoms with Crippen LogP contribution in [0.2, 0.25) is 5.02 Å². The SMILES string of the molecule is Cc1ccc(Cl)cc1NOc1ccccc1. The van der Waals surface area contributed by atoms with Crippen LogP contribution in [0.3, 0.4) is 0 Å². The van der Waals surface area contributed by atoms with Crippen LogP contribution < -0.4 is 10.3 Å². The molecule has 0 spiro atoms. The minimum Gasteiger partial charge on any atom is -0.382 e. The molecule has 0 bridgehead atoms. The van der Waals surface area contributed by atoms with Gasteiger partial charge in [0.1, 0.15) is 0 Å². The molecule has 0 amide bonds. The van der Waals surface area contributed by atoms with Crippen LogP contribution in [0, 0.1) is 6.92 Å². The summed E-state index contributed by atoms with van der Waals surface area (Å²) in [7, 11) is 0. The summed E-state index contributed by atoms with van der Waals surface area (Å²) in [5, 5.41) is 0.685. The summed E-state index contributed by atoms with van der Waals surface area (Å²) in [5.74, 6) is 0.766. The van der Waals surface area contributed by atoms with Crippen molar-refractivity contribution in [2.75, 3.05) is 5.48 Å². The van der Waals surface area contributed by atoms with Gasteiger partial charge in [0.25, 0.3) is 0 Å². The second-order valence-corrected chi connectivity index (χ2v) is 3.91. The molecule has 0 radical (unpaired) electrons. The highest BCUT2D eigenvalue weighted by atomic mass is 35.5. The van der Waals surface area contributed by atoms with E-state index in [2.05, 4.69) is 5.48 Å². The van der Waals surface area contributed by atoms with Crippen LogP contribution >= 0.6 is 11.6 Å². The topological polar surface area (TPSA) is 21.3 Å². The molecular weight excluding hydrogens is 222 g/mol. The molecule has 0 fully saturated rings. The first-order valence-electron chi connectivity index (χ1n) is 5.00. The van der Waals surface area contributed by atoms with Gasteiger partial charge in [-0.2, -0.15) is 0 Å². The molecule has 0 saturated heterocycles. The van der Waals surface area contributed by atoms with Gasteiger partial charge in [0, 0.05) is 5.02 Å². The molecular formula is C13H12ClNO. The predicted molar refractivity (Wildman–Crippen MR) is 66.9 cm³/mol. The lowest BCUT2D eigenvalue weighted by Crippen LogP contribution is -2.05. The summed E-state index contributed by atoms with van der Waals surface area (Å²) in [5.41, 5.74) is 4.84.